The maximum atomic E-state index is 12.2. The van der Waals surface area contributed by atoms with Gasteiger partial charge in [0.2, 0.25) is 0 Å². The topological polar surface area (TPSA) is 52.1 Å². The van der Waals surface area contributed by atoms with Gasteiger partial charge in [0.25, 0.3) is 0 Å². The molecule has 0 aromatic carbocycles. The molecule has 4 nitrogen and oxygen atoms in total. The Kier molecular flexibility index (Phi) is 4.23. The van der Waals surface area contributed by atoms with Crippen molar-refractivity contribution in [1.82, 2.24) is 9.59 Å². The Balaban J connectivity index is 2.01. The van der Waals surface area contributed by atoms with Crippen molar-refractivity contribution in [2.45, 2.75) is 39.0 Å². The van der Waals surface area contributed by atoms with Gasteiger partial charge in [0.1, 0.15) is 4.88 Å². The van der Waals surface area contributed by atoms with E-state index in [1.165, 1.54) is 11.5 Å². The quantitative estimate of drug-likeness (QED) is 0.775. The van der Waals surface area contributed by atoms with Crippen LogP contribution in [0.3, 0.4) is 0 Å². The van der Waals surface area contributed by atoms with Gasteiger partial charge in [-0.05, 0) is 36.2 Å². The zero-order chi connectivity index (χ0) is 12.3. The molecule has 0 aliphatic carbocycles. The fourth-order valence-corrected chi connectivity index (χ4v) is 2.84. The summed E-state index contributed by atoms with van der Waals surface area (Å²) in [5.41, 5.74) is 0.854. The van der Waals surface area contributed by atoms with Gasteiger partial charge in [-0.15, -0.1) is 5.10 Å². The van der Waals surface area contributed by atoms with Crippen molar-refractivity contribution >= 4 is 17.3 Å². The standard InChI is InChI=1S/C12H18N2O2S/c1-8(2)11-12(17-14-13-11)10(15)7-9-3-5-16-6-4-9/h8-9H,3-7H2,1-2H3. The van der Waals surface area contributed by atoms with Crippen molar-refractivity contribution < 1.29 is 9.53 Å². The molecule has 1 fully saturated rings. The lowest BCUT2D eigenvalue weighted by Gasteiger charge is -2.21. The molecule has 5 heteroatoms. The van der Waals surface area contributed by atoms with Crippen molar-refractivity contribution in [2.24, 2.45) is 5.92 Å². The Bertz CT molecular complexity index is 384. The van der Waals surface area contributed by atoms with Crippen LogP contribution in [-0.2, 0) is 4.74 Å². The van der Waals surface area contributed by atoms with Crippen LogP contribution in [0.1, 0.15) is 54.4 Å². The zero-order valence-electron chi connectivity index (χ0n) is 10.3. The van der Waals surface area contributed by atoms with Crippen LogP contribution in [0.2, 0.25) is 0 Å². The highest BCUT2D eigenvalue weighted by Crippen LogP contribution is 2.25. The van der Waals surface area contributed by atoms with Crippen LogP contribution in [0.15, 0.2) is 0 Å². The van der Waals surface area contributed by atoms with Crippen molar-refractivity contribution in [3.05, 3.63) is 10.6 Å². The molecule has 1 aliphatic heterocycles. The number of nitrogens with zero attached hydrogens (tertiary/aromatic N) is 2. The minimum absolute atomic E-state index is 0.204. The summed E-state index contributed by atoms with van der Waals surface area (Å²) in [4.78, 5) is 12.9. The van der Waals surface area contributed by atoms with Gasteiger partial charge < -0.3 is 4.74 Å². The molecule has 0 saturated carbocycles. The summed E-state index contributed by atoms with van der Waals surface area (Å²) in [6.45, 7) is 5.66. The Morgan fingerprint density at radius 1 is 1.47 bits per heavy atom. The Labute approximate surface area is 106 Å². The molecular weight excluding hydrogens is 236 g/mol. The number of carbonyl (C=O) groups excluding carboxylic acids is 1. The number of aromatic nitrogens is 2. The summed E-state index contributed by atoms with van der Waals surface area (Å²) >= 11 is 1.23. The Hall–Kier alpha value is -0.810. The third kappa shape index (κ3) is 3.10. The normalized spacial score (nSPS) is 17.6. The molecule has 0 atom stereocenters. The molecule has 0 bridgehead atoms. The summed E-state index contributed by atoms with van der Waals surface area (Å²) in [6, 6.07) is 0. The van der Waals surface area contributed by atoms with E-state index in [9.17, 15) is 4.79 Å². The molecule has 0 N–H and O–H groups in total. The number of ether oxygens (including phenoxy) is 1. The van der Waals surface area contributed by atoms with Crippen LogP contribution in [0.4, 0.5) is 0 Å². The van der Waals surface area contributed by atoms with Crippen LogP contribution >= 0.6 is 11.5 Å². The molecule has 0 radical (unpaired) electrons. The van der Waals surface area contributed by atoms with Crippen LogP contribution in [0, 0.1) is 5.92 Å². The number of rotatable bonds is 4. The third-order valence-corrected chi connectivity index (χ3v) is 3.91. The molecule has 1 aromatic heterocycles. The first-order valence-corrected chi connectivity index (χ1v) is 6.89. The third-order valence-electron chi connectivity index (χ3n) is 3.13. The SMILES string of the molecule is CC(C)c1nnsc1C(=O)CC1CCOCC1. The van der Waals surface area contributed by atoms with Gasteiger partial charge in [-0.2, -0.15) is 0 Å². The predicted octanol–water partition coefficient (Wildman–Crippen LogP) is 2.66. The molecule has 0 spiro atoms. The van der Waals surface area contributed by atoms with E-state index in [4.69, 9.17) is 4.74 Å². The molecular formula is C12H18N2O2S. The van der Waals surface area contributed by atoms with Gasteiger partial charge in [-0.1, -0.05) is 18.3 Å². The first-order valence-electron chi connectivity index (χ1n) is 6.11. The average Bonchev–Trinajstić information content (AvgIpc) is 2.79. The van der Waals surface area contributed by atoms with Gasteiger partial charge in [-0.3, -0.25) is 4.79 Å². The lowest BCUT2D eigenvalue weighted by Crippen LogP contribution is -2.19. The summed E-state index contributed by atoms with van der Waals surface area (Å²) in [5, 5.41) is 4.05. The highest BCUT2D eigenvalue weighted by molar-refractivity contribution is 7.08. The van der Waals surface area contributed by atoms with Crippen LogP contribution in [-0.4, -0.2) is 28.6 Å². The number of hydrogen-bond donors (Lipinski definition) is 0. The first kappa shape index (κ1) is 12.6. The predicted molar refractivity (Wildman–Crippen MR) is 66.5 cm³/mol. The Morgan fingerprint density at radius 3 is 2.82 bits per heavy atom. The molecule has 17 heavy (non-hydrogen) atoms. The van der Waals surface area contributed by atoms with E-state index < -0.39 is 0 Å². The van der Waals surface area contributed by atoms with Crippen LogP contribution in [0.5, 0.6) is 0 Å². The lowest BCUT2D eigenvalue weighted by atomic mass is 9.93. The highest BCUT2D eigenvalue weighted by atomic mass is 32.1. The van der Waals surface area contributed by atoms with Crippen molar-refractivity contribution in [3.63, 3.8) is 0 Å². The van der Waals surface area contributed by atoms with Gasteiger partial charge in [0, 0.05) is 19.6 Å². The number of ketones is 1. The van der Waals surface area contributed by atoms with Crippen molar-refractivity contribution in [3.8, 4) is 0 Å². The summed E-state index contributed by atoms with van der Waals surface area (Å²) < 4.78 is 9.20. The van der Waals surface area contributed by atoms with Crippen LogP contribution < -0.4 is 0 Å². The molecule has 0 unspecified atom stereocenters. The Morgan fingerprint density at radius 2 is 2.18 bits per heavy atom. The molecule has 0 amide bonds. The number of carbonyl (C=O) groups is 1. The van der Waals surface area contributed by atoms with Crippen molar-refractivity contribution in [1.29, 1.82) is 0 Å². The zero-order valence-corrected chi connectivity index (χ0v) is 11.1. The minimum atomic E-state index is 0.204. The highest BCUT2D eigenvalue weighted by Gasteiger charge is 2.23. The van der Waals surface area contributed by atoms with Gasteiger partial charge >= 0.3 is 0 Å². The fourth-order valence-electron chi connectivity index (χ4n) is 2.07. The largest absolute Gasteiger partial charge is 0.381 e. The van der Waals surface area contributed by atoms with Gasteiger partial charge in [0.15, 0.2) is 5.78 Å². The van der Waals surface area contributed by atoms with Crippen LogP contribution in [0.25, 0.3) is 0 Å². The monoisotopic (exact) mass is 254 g/mol. The fraction of sp³-hybridized carbons (Fsp3) is 0.750. The smallest absolute Gasteiger partial charge is 0.176 e. The van der Waals surface area contributed by atoms with Gasteiger partial charge in [0.05, 0.1) is 5.69 Å². The molecule has 1 aromatic rings. The molecule has 2 rings (SSSR count). The second-order valence-electron chi connectivity index (χ2n) is 4.83. The number of Topliss-reactive ketones (excluding diaryl/α,β-unsaturated/α-hetero) is 1. The van der Waals surface area contributed by atoms with Crippen molar-refractivity contribution in [2.75, 3.05) is 13.2 Å². The van der Waals surface area contributed by atoms with E-state index in [0.29, 0.717) is 12.3 Å². The average molecular weight is 254 g/mol. The lowest BCUT2D eigenvalue weighted by molar-refractivity contribution is 0.0602. The maximum Gasteiger partial charge on any atom is 0.176 e. The summed E-state index contributed by atoms with van der Waals surface area (Å²) in [5.74, 6) is 0.941. The van der Waals surface area contributed by atoms with Gasteiger partial charge in [-0.25, -0.2) is 0 Å². The van der Waals surface area contributed by atoms with E-state index in [0.717, 1.165) is 36.6 Å². The second kappa shape index (κ2) is 5.69. The molecule has 1 saturated heterocycles. The van der Waals surface area contributed by atoms with E-state index in [1.54, 1.807) is 0 Å². The second-order valence-corrected chi connectivity index (χ2v) is 5.58. The van der Waals surface area contributed by atoms with E-state index in [1.807, 2.05) is 13.8 Å². The molecule has 94 valence electrons. The van der Waals surface area contributed by atoms with E-state index >= 15 is 0 Å². The maximum absolute atomic E-state index is 12.2. The number of hydrogen-bond acceptors (Lipinski definition) is 5. The summed E-state index contributed by atoms with van der Waals surface area (Å²) in [6.07, 6.45) is 2.61. The molecule has 1 aliphatic rings. The first-order chi connectivity index (χ1) is 8.18. The van der Waals surface area contributed by atoms with E-state index in [-0.39, 0.29) is 11.7 Å². The van der Waals surface area contributed by atoms with E-state index in [2.05, 4.69) is 9.59 Å². The molecule has 2 heterocycles. The summed E-state index contributed by atoms with van der Waals surface area (Å²) in [7, 11) is 0. The minimum Gasteiger partial charge on any atom is -0.381 e.